The van der Waals surface area contributed by atoms with Gasteiger partial charge in [-0.1, -0.05) is 0 Å². The maximum absolute atomic E-state index is 12.9. The molecule has 0 atom stereocenters. The fraction of sp³-hybridized carbons (Fsp3) is 0.476. The Morgan fingerprint density at radius 1 is 1.20 bits per heavy atom. The van der Waals surface area contributed by atoms with Gasteiger partial charge in [-0.2, -0.15) is 0 Å². The Hall–Kier alpha value is -3.23. The maximum atomic E-state index is 12.9. The summed E-state index contributed by atoms with van der Waals surface area (Å²) in [4.78, 5) is 47.5. The van der Waals surface area contributed by atoms with E-state index < -0.39 is 0 Å². The van der Waals surface area contributed by atoms with E-state index in [9.17, 15) is 14.4 Å². The van der Waals surface area contributed by atoms with Crippen LogP contribution in [0.4, 0.5) is 5.95 Å². The van der Waals surface area contributed by atoms with E-state index in [1.807, 2.05) is 4.90 Å². The Balaban J connectivity index is 1.46. The van der Waals surface area contributed by atoms with Gasteiger partial charge in [-0.3, -0.25) is 14.4 Å². The molecule has 0 bridgehead atoms. The zero-order chi connectivity index (χ0) is 21.1. The van der Waals surface area contributed by atoms with Crippen molar-refractivity contribution in [3.05, 3.63) is 51.7 Å². The molecule has 0 aromatic carbocycles. The molecule has 2 aliphatic rings. The molecule has 0 unspecified atom stereocenters. The third-order valence-corrected chi connectivity index (χ3v) is 5.40. The Labute approximate surface area is 174 Å². The predicted molar refractivity (Wildman–Crippen MR) is 112 cm³/mol. The fourth-order valence-corrected chi connectivity index (χ4v) is 3.48. The summed E-state index contributed by atoms with van der Waals surface area (Å²) in [5, 5.41) is 6.10. The number of likely N-dealkylation sites (tertiary alicyclic amines) is 1. The van der Waals surface area contributed by atoms with Gasteiger partial charge in [0.15, 0.2) is 0 Å². The first-order chi connectivity index (χ1) is 14.5. The molecule has 158 valence electrons. The van der Waals surface area contributed by atoms with E-state index in [0.717, 1.165) is 38.8 Å². The Morgan fingerprint density at radius 3 is 2.67 bits per heavy atom. The van der Waals surface area contributed by atoms with Gasteiger partial charge in [-0.15, -0.1) is 0 Å². The normalized spacial score (nSPS) is 15.8. The van der Waals surface area contributed by atoms with Crippen molar-refractivity contribution in [2.24, 2.45) is 7.05 Å². The molecule has 2 N–H and O–H groups in total. The van der Waals surface area contributed by atoms with Crippen LogP contribution < -0.4 is 16.2 Å². The van der Waals surface area contributed by atoms with Crippen molar-refractivity contribution < 1.29 is 9.59 Å². The number of carbonyl (C=O) groups excluding carboxylic acids is 2. The van der Waals surface area contributed by atoms with E-state index in [4.69, 9.17) is 0 Å². The van der Waals surface area contributed by atoms with Gasteiger partial charge >= 0.3 is 0 Å². The molecule has 2 amide bonds. The average Bonchev–Trinajstić information content (AvgIpc) is 3.38. The van der Waals surface area contributed by atoms with Crippen molar-refractivity contribution in [1.29, 1.82) is 0 Å². The van der Waals surface area contributed by atoms with Crippen LogP contribution in [-0.4, -0.2) is 56.9 Å². The summed E-state index contributed by atoms with van der Waals surface area (Å²) in [6.07, 6.45) is 7.74. The van der Waals surface area contributed by atoms with Crippen LogP contribution in [0.25, 0.3) is 0 Å². The summed E-state index contributed by atoms with van der Waals surface area (Å²) < 4.78 is 1.36. The standard InChI is InChI=1S/C21H26N6O3/c1-26-13-14(4-7-18(26)28)19(29)22-9-8-17-16(20(30)27-10-2-3-11-27)12-23-21(25-17)24-15-5-6-15/h4,7,12-13,15H,2-3,5-6,8-11H2,1H3,(H,22,29)(H,23,24,25). The highest BCUT2D eigenvalue weighted by Gasteiger charge is 2.25. The second kappa shape index (κ2) is 8.64. The van der Waals surface area contributed by atoms with Crippen LogP contribution >= 0.6 is 0 Å². The van der Waals surface area contributed by atoms with Gasteiger partial charge in [-0.05, 0) is 31.7 Å². The molecule has 1 aliphatic carbocycles. The lowest BCUT2D eigenvalue weighted by Gasteiger charge is -2.17. The van der Waals surface area contributed by atoms with Crippen molar-refractivity contribution >= 4 is 17.8 Å². The molecule has 9 nitrogen and oxygen atoms in total. The van der Waals surface area contributed by atoms with E-state index in [1.54, 1.807) is 13.2 Å². The van der Waals surface area contributed by atoms with Gasteiger partial charge < -0.3 is 20.1 Å². The van der Waals surface area contributed by atoms with Crippen LogP contribution in [0.1, 0.15) is 52.1 Å². The number of pyridine rings is 1. The average molecular weight is 410 g/mol. The molecule has 0 spiro atoms. The first kappa shape index (κ1) is 20.1. The van der Waals surface area contributed by atoms with Crippen molar-refractivity contribution in [2.75, 3.05) is 25.0 Å². The molecule has 30 heavy (non-hydrogen) atoms. The van der Waals surface area contributed by atoms with Gasteiger partial charge in [-0.25, -0.2) is 9.97 Å². The number of anilines is 1. The lowest BCUT2D eigenvalue weighted by molar-refractivity contribution is 0.0790. The first-order valence-corrected chi connectivity index (χ1v) is 10.4. The van der Waals surface area contributed by atoms with E-state index in [-0.39, 0.29) is 17.4 Å². The van der Waals surface area contributed by atoms with Crippen LogP contribution in [0.5, 0.6) is 0 Å². The summed E-state index contributed by atoms with van der Waals surface area (Å²) in [6, 6.07) is 3.27. The number of hydrogen-bond acceptors (Lipinski definition) is 6. The highest BCUT2D eigenvalue weighted by molar-refractivity contribution is 5.95. The van der Waals surface area contributed by atoms with Crippen molar-refractivity contribution in [3.8, 4) is 0 Å². The minimum Gasteiger partial charge on any atom is -0.352 e. The van der Waals surface area contributed by atoms with E-state index in [0.29, 0.717) is 41.8 Å². The molecule has 3 heterocycles. The highest BCUT2D eigenvalue weighted by Crippen LogP contribution is 2.23. The number of rotatable bonds is 7. The molecular weight excluding hydrogens is 384 g/mol. The maximum Gasteiger partial charge on any atom is 0.257 e. The minimum absolute atomic E-state index is 0.0511. The number of carbonyl (C=O) groups is 2. The predicted octanol–water partition coefficient (Wildman–Crippen LogP) is 0.958. The lowest BCUT2D eigenvalue weighted by Crippen LogP contribution is -2.31. The van der Waals surface area contributed by atoms with E-state index >= 15 is 0 Å². The van der Waals surface area contributed by atoms with Gasteiger partial charge in [0.2, 0.25) is 11.5 Å². The molecule has 1 aliphatic heterocycles. The first-order valence-electron chi connectivity index (χ1n) is 10.4. The summed E-state index contributed by atoms with van der Waals surface area (Å²) >= 11 is 0. The topological polar surface area (TPSA) is 109 Å². The molecular formula is C21H26N6O3. The monoisotopic (exact) mass is 410 g/mol. The SMILES string of the molecule is Cn1cc(C(=O)NCCc2nc(NC3CC3)ncc2C(=O)N2CCCC2)ccc1=O. The minimum atomic E-state index is -0.275. The van der Waals surface area contributed by atoms with Gasteiger partial charge in [0.25, 0.3) is 11.8 Å². The number of hydrogen-bond donors (Lipinski definition) is 2. The molecule has 0 radical (unpaired) electrons. The van der Waals surface area contributed by atoms with Gasteiger partial charge in [0, 0.05) is 57.6 Å². The fourth-order valence-electron chi connectivity index (χ4n) is 3.48. The number of amides is 2. The third kappa shape index (κ3) is 4.67. The van der Waals surface area contributed by atoms with Gasteiger partial charge in [0.1, 0.15) is 0 Å². The zero-order valence-electron chi connectivity index (χ0n) is 17.1. The van der Waals surface area contributed by atoms with Crippen molar-refractivity contribution in [2.45, 2.75) is 38.1 Å². The summed E-state index contributed by atoms with van der Waals surface area (Å²) in [5.74, 6) is 0.197. The third-order valence-electron chi connectivity index (χ3n) is 5.40. The lowest BCUT2D eigenvalue weighted by atomic mass is 10.1. The second-order valence-electron chi connectivity index (χ2n) is 7.84. The van der Waals surface area contributed by atoms with E-state index in [1.165, 1.54) is 22.9 Å². The molecule has 2 fully saturated rings. The van der Waals surface area contributed by atoms with Crippen LogP contribution in [0, 0.1) is 0 Å². The number of nitrogens with zero attached hydrogens (tertiary/aromatic N) is 4. The largest absolute Gasteiger partial charge is 0.352 e. The molecule has 1 saturated carbocycles. The quantitative estimate of drug-likeness (QED) is 0.704. The number of aryl methyl sites for hydroxylation is 1. The van der Waals surface area contributed by atoms with Crippen LogP contribution in [0.15, 0.2) is 29.3 Å². The Kier molecular flexibility index (Phi) is 5.78. The summed E-state index contributed by atoms with van der Waals surface area (Å²) in [7, 11) is 1.60. The number of nitrogens with one attached hydrogen (secondary N) is 2. The van der Waals surface area contributed by atoms with Crippen LogP contribution in [-0.2, 0) is 13.5 Å². The zero-order valence-corrected chi connectivity index (χ0v) is 17.1. The molecule has 9 heteroatoms. The Bertz CT molecular complexity index is 1010. The van der Waals surface area contributed by atoms with Crippen LogP contribution in [0.2, 0.25) is 0 Å². The smallest absolute Gasteiger partial charge is 0.257 e. The van der Waals surface area contributed by atoms with Crippen molar-refractivity contribution in [3.63, 3.8) is 0 Å². The van der Waals surface area contributed by atoms with Gasteiger partial charge in [0.05, 0.1) is 16.8 Å². The summed E-state index contributed by atoms with van der Waals surface area (Å²) in [5.41, 5.74) is 1.36. The molecule has 2 aromatic rings. The van der Waals surface area contributed by atoms with Crippen LogP contribution in [0.3, 0.4) is 0 Å². The van der Waals surface area contributed by atoms with Crippen molar-refractivity contribution in [1.82, 2.24) is 24.8 Å². The number of aromatic nitrogens is 3. The highest BCUT2D eigenvalue weighted by atomic mass is 16.2. The Morgan fingerprint density at radius 2 is 1.97 bits per heavy atom. The molecule has 2 aromatic heterocycles. The molecule has 1 saturated heterocycles. The second-order valence-corrected chi connectivity index (χ2v) is 7.84. The van der Waals surface area contributed by atoms with E-state index in [2.05, 4.69) is 20.6 Å². The summed E-state index contributed by atoms with van der Waals surface area (Å²) in [6.45, 7) is 1.83. The molecule has 4 rings (SSSR count).